The second-order valence-corrected chi connectivity index (χ2v) is 8.09. The summed E-state index contributed by atoms with van der Waals surface area (Å²) in [5.41, 5.74) is 2.64. The normalized spacial score (nSPS) is 11.2. The van der Waals surface area contributed by atoms with Gasteiger partial charge in [0.25, 0.3) is 0 Å². The zero-order valence-corrected chi connectivity index (χ0v) is 16.4. The Hall–Kier alpha value is -2.34. The van der Waals surface area contributed by atoms with Gasteiger partial charge in [-0.3, -0.25) is 9.10 Å². The van der Waals surface area contributed by atoms with E-state index in [1.807, 2.05) is 56.3 Å². The number of benzene rings is 2. The molecule has 0 N–H and O–H groups in total. The summed E-state index contributed by atoms with van der Waals surface area (Å²) in [7, 11) is -3.56. The van der Waals surface area contributed by atoms with Gasteiger partial charge in [-0.25, -0.2) is 8.42 Å². The van der Waals surface area contributed by atoms with Crippen molar-refractivity contribution >= 4 is 21.6 Å². The Morgan fingerprint density at radius 2 is 1.54 bits per heavy atom. The molecule has 2 rings (SSSR count). The SMILES string of the molecule is CCc1ccc(N(CC(=O)N(CC)Cc2ccccc2)S(C)(=O)=O)cc1. The van der Waals surface area contributed by atoms with Crippen molar-refractivity contribution in [3.05, 3.63) is 65.7 Å². The number of hydrogen-bond acceptors (Lipinski definition) is 3. The topological polar surface area (TPSA) is 57.7 Å². The highest BCUT2D eigenvalue weighted by Gasteiger charge is 2.23. The largest absolute Gasteiger partial charge is 0.337 e. The maximum absolute atomic E-state index is 12.8. The van der Waals surface area contributed by atoms with Crippen LogP contribution in [0.2, 0.25) is 0 Å². The summed E-state index contributed by atoms with van der Waals surface area (Å²) in [5, 5.41) is 0. The summed E-state index contributed by atoms with van der Waals surface area (Å²) < 4.78 is 25.7. The smallest absolute Gasteiger partial charge is 0.243 e. The first-order valence-electron chi connectivity index (χ1n) is 8.73. The fourth-order valence-electron chi connectivity index (χ4n) is 2.70. The molecule has 0 aliphatic heterocycles. The van der Waals surface area contributed by atoms with Crippen LogP contribution in [0.25, 0.3) is 0 Å². The molecule has 2 aromatic rings. The minimum Gasteiger partial charge on any atom is -0.337 e. The Kier molecular flexibility index (Phi) is 6.80. The van der Waals surface area contributed by atoms with Crippen LogP contribution in [0.4, 0.5) is 5.69 Å². The molecule has 5 nitrogen and oxygen atoms in total. The molecule has 140 valence electrons. The lowest BCUT2D eigenvalue weighted by molar-refractivity contribution is -0.129. The molecule has 1 amide bonds. The van der Waals surface area contributed by atoms with Crippen molar-refractivity contribution in [2.24, 2.45) is 0 Å². The fraction of sp³-hybridized carbons (Fsp3) is 0.350. The number of hydrogen-bond donors (Lipinski definition) is 0. The lowest BCUT2D eigenvalue weighted by Crippen LogP contribution is -2.42. The summed E-state index contributed by atoms with van der Waals surface area (Å²) in [6.07, 6.45) is 2.00. The predicted octanol–water partition coefficient (Wildman–Crippen LogP) is 3.06. The molecule has 0 radical (unpaired) electrons. The molecule has 0 bridgehead atoms. The maximum Gasteiger partial charge on any atom is 0.243 e. The fourth-order valence-corrected chi connectivity index (χ4v) is 3.55. The molecule has 0 atom stereocenters. The van der Waals surface area contributed by atoms with E-state index < -0.39 is 10.0 Å². The summed E-state index contributed by atoms with van der Waals surface area (Å²) in [4.78, 5) is 14.4. The van der Waals surface area contributed by atoms with Gasteiger partial charge in [0.2, 0.25) is 15.9 Å². The molecule has 0 saturated carbocycles. The van der Waals surface area contributed by atoms with Crippen LogP contribution >= 0.6 is 0 Å². The molecular weight excluding hydrogens is 348 g/mol. The van der Waals surface area contributed by atoms with Crippen LogP contribution in [0, 0.1) is 0 Å². The van der Waals surface area contributed by atoms with Gasteiger partial charge in [-0.1, -0.05) is 49.4 Å². The summed E-state index contributed by atoms with van der Waals surface area (Å²) >= 11 is 0. The van der Waals surface area contributed by atoms with Gasteiger partial charge in [0.1, 0.15) is 6.54 Å². The van der Waals surface area contributed by atoms with Gasteiger partial charge in [-0.15, -0.1) is 0 Å². The molecule has 26 heavy (non-hydrogen) atoms. The van der Waals surface area contributed by atoms with Crippen molar-refractivity contribution in [2.75, 3.05) is 23.7 Å². The molecule has 0 spiro atoms. The average Bonchev–Trinajstić information content (AvgIpc) is 2.64. The van der Waals surface area contributed by atoms with Crippen molar-refractivity contribution in [1.29, 1.82) is 0 Å². The molecule has 0 aromatic heterocycles. The number of sulfonamides is 1. The van der Waals surface area contributed by atoms with Crippen molar-refractivity contribution in [3.63, 3.8) is 0 Å². The van der Waals surface area contributed by atoms with E-state index in [1.54, 1.807) is 17.0 Å². The van der Waals surface area contributed by atoms with Crippen molar-refractivity contribution in [1.82, 2.24) is 4.90 Å². The number of likely N-dealkylation sites (N-methyl/N-ethyl adjacent to an activating group) is 1. The highest BCUT2D eigenvalue weighted by atomic mass is 32.2. The van der Waals surface area contributed by atoms with E-state index in [2.05, 4.69) is 0 Å². The van der Waals surface area contributed by atoms with Crippen LogP contribution in [0.3, 0.4) is 0 Å². The number of aryl methyl sites for hydroxylation is 1. The van der Waals surface area contributed by atoms with E-state index in [9.17, 15) is 13.2 Å². The third-order valence-corrected chi connectivity index (χ3v) is 5.40. The van der Waals surface area contributed by atoms with Gasteiger partial charge >= 0.3 is 0 Å². The quantitative estimate of drug-likeness (QED) is 0.713. The van der Waals surface area contributed by atoms with Crippen molar-refractivity contribution < 1.29 is 13.2 Å². The van der Waals surface area contributed by atoms with E-state index >= 15 is 0 Å². The van der Waals surface area contributed by atoms with E-state index in [0.29, 0.717) is 18.8 Å². The van der Waals surface area contributed by atoms with Crippen LogP contribution in [0.1, 0.15) is 25.0 Å². The van der Waals surface area contributed by atoms with E-state index in [-0.39, 0.29) is 12.5 Å². The van der Waals surface area contributed by atoms with Crippen molar-refractivity contribution in [3.8, 4) is 0 Å². The van der Waals surface area contributed by atoms with Crippen LogP contribution < -0.4 is 4.31 Å². The molecule has 2 aromatic carbocycles. The van der Waals surface area contributed by atoms with Gasteiger partial charge in [-0.05, 0) is 36.6 Å². The van der Waals surface area contributed by atoms with Gasteiger partial charge < -0.3 is 4.90 Å². The van der Waals surface area contributed by atoms with E-state index in [0.717, 1.165) is 23.8 Å². The second-order valence-electron chi connectivity index (χ2n) is 6.18. The molecule has 0 aliphatic carbocycles. The Morgan fingerprint density at radius 1 is 0.923 bits per heavy atom. The Labute approximate surface area is 156 Å². The van der Waals surface area contributed by atoms with E-state index in [4.69, 9.17) is 0 Å². The number of amides is 1. The zero-order chi connectivity index (χ0) is 19.2. The summed E-state index contributed by atoms with van der Waals surface area (Å²) in [6.45, 7) is 4.70. The Balaban J connectivity index is 2.19. The lowest BCUT2D eigenvalue weighted by Gasteiger charge is -2.27. The molecule has 0 saturated heterocycles. The highest BCUT2D eigenvalue weighted by molar-refractivity contribution is 7.92. The van der Waals surface area contributed by atoms with Crippen LogP contribution in [-0.2, 0) is 27.8 Å². The molecule has 0 aliphatic rings. The van der Waals surface area contributed by atoms with Crippen LogP contribution in [-0.4, -0.2) is 38.6 Å². The molecule has 6 heteroatoms. The number of nitrogens with zero attached hydrogens (tertiary/aromatic N) is 2. The number of carbonyl (C=O) groups is 1. The highest BCUT2D eigenvalue weighted by Crippen LogP contribution is 2.19. The summed E-state index contributed by atoms with van der Waals surface area (Å²) in [6, 6.07) is 17.0. The first-order valence-corrected chi connectivity index (χ1v) is 10.6. The van der Waals surface area contributed by atoms with Crippen LogP contribution in [0.15, 0.2) is 54.6 Å². The van der Waals surface area contributed by atoms with Gasteiger partial charge in [0, 0.05) is 13.1 Å². The van der Waals surface area contributed by atoms with Crippen LogP contribution in [0.5, 0.6) is 0 Å². The third-order valence-electron chi connectivity index (χ3n) is 4.26. The van der Waals surface area contributed by atoms with Crippen molar-refractivity contribution in [2.45, 2.75) is 26.8 Å². The zero-order valence-electron chi connectivity index (χ0n) is 15.6. The first-order chi connectivity index (χ1) is 12.3. The third kappa shape index (κ3) is 5.33. The number of rotatable bonds is 8. The minimum absolute atomic E-state index is 0.203. The van der Waals surface area contributed by atoms with E-state index in [1.165, 1.54) is 4.31 Å². The Morgan fingerprint density at radius 3 is 2.04 bits per heavy atom. The molecule has 0 unspecified atom stereocenters. The van der Waals surface area contributed by atoms with Gasteiger partial charge in [-0.2, -0.15) is 0 Å². The van der Waals surface area contributed by atoms with Gasteiger partial charge in [0.15, 0.2) is 0 Å². The minimum atomic E-state index is -3.56. The Bertz CT molecular complexity index is 818. The monoisotopic (exact) mass is 374 g/mol. The first kappa shape index (κ1) is 20.0. The van der Waals surface area contributed by atoms with Gasteiger partial charge in [0.05, 0.1) is 11.9 Å². The molecular formula is C20H26N2O3S. The molecule has 0 fully saturated rings. The average molecular weight is 375 g/mol. The maximum atomic E-state index is 12.8. The standard InChI is InChI=1S/C20H26N2O3S/c1-4-17-11-13-19(14-12-17)22(26(3,24)25)16-20(23)21(5-2)15-18-9-7-6-8-10-18/h6-14H,4-5,15-16H2,1-3H3. The number of carbonyl (C=O) groups excluding carboxylic acids is 1. The lowest BCUT2D eigenvalue weighted by atomic mass is 10.1. The summed E-state index contributed by atoms with van der Waals surface area (Å²) in [5.74, 6) is -0.221. The molecule has 0 heterocycles. The number of anilines is 1. The second kappa shape index (κ2) is 8.85. The predicted molar refractivity (Wildman–Crippen MR) is 106 cm³/mol.